The lowest BCUT2D eigenvalue weighted by Crippen LogP contribution is -2.61. The summed E-state index contributed by atoms with van der Waals surface area (Å²) in [5.41, 5.74) is -2.16. The van der Waals surface area contributed by atoms with Gasteiger partial charge in [-0.2, -0.15) is 0 Å². The number of carbonyl (C=O) groups excluding carboxylic acids is 3. The molecule has 1 aromatic carbocycles. The van der Waals surface area contributed by atoms with E-state index in [-0.39, 0.29) is 35.8 Å². The van der Waals surface area contributed by atoms with Crippen molar-refractivity contribution in [2.45, 2.75) is 57.5 Å². The van der Waals surface area contributed by atoms with Crippen LogP contribution >= 0.6 is 23.2 Å². The molecule has 0 saturated carbocycles. The first-order chi connectivity index (χ1) is 15.8. The first-order valence-corrected chi connectivity index (χ1v) is 11.2. The minimum Gasteiger partial charge on any atom is -0.508 e. The van der Waals surface area contributed by atoms with Gasteiger partial charge in [-0.15, -0.1) is 0 Å². The highest BCUT2D eigenvalue weighted by atomic mass is 35.5. The van der Waals surface area contributed by atoms with Crippen LogP contribution in [0.4, 0.5) is 0 Å². The van der Waals surface area contributed by atoms with Gasteiger partial charge < -0.3 is 24.8 Å². The van der Waals surface area contributed by atoms with Gasteiger partial charge in [0.1, 0.15) is 0 Å². The van der Waals surface area contributed by atoms with Gasteiger partial charge in [0.2, 0.25) is 5.91 Å². The Kier molecular flexibility index (Phi) is 9.49. The summed E-state index contributed by atoms with van der Waals surface area (Å²) in [7, 11) is -1.53. The molecule has 1 saturated heterocycles. The molecule has 1 fully saturated rings. The van der Waals surface area contributed by atoms with Crippen molar-refractivity contribution in [1.82, 2.24) is 5.32 Å². The molecule has 0 aromatic heterocycles. The zero-order valence-corrected chi connectivity index (χ0v) is 20.0. The van der Waals surface area contributed by atoms with Crippen molar-refractivity contribution in [1.29, 1.82) is 0 Å². The largest absolute Gasteiger partial charge is 0.552 e. The van der Waals surface area contributed by atoms with E-state index < -0.39 is 61.1 Å². The number of hydrogen-bond acceptors (Lipinski definition) is 7. The monoisotopic (exact) mass is 515 g/mol. The summed E-state index contributed by atoms with van der Waals surface area (Å²) in [4.78, 5) is 60.2. The van der Waals surface area contributed by atoms with E-state index in [1.807, 2.05) is 13.8 Å². The van der Waals surface area contributed by atoms with Gasteiger partial charge in [-0.3, -0.25) is 19.2 Å². The molecule has 1 amide bonds. The second kappa shape index (κ2) is 11.7. The standard InChI is InChI=1S/C21H24BCl2NO9/c1-11(2)7-16(22-33-19(30)10-21(34-22,20(31)32)9-18(28)29)25-17(27)6-5-15(26)13-8-12(23)3-4-14(13)24/h3-4,8,11,16H,5-7,9-10H2,1-2H3,(H,25,27)(H,28,29)(H,31,32)/t16-,21?/m0/s1. The fourth-order valence-electron chi connectivity index (χ4n) is 3.50. The van der Waals surface area contributed by atoms with Gasteiger partial charge in [0.25, 0.3) is 5.97 Å². The lowest BCUT2D eigenvalue weighted by molar-refractivity contribution is -0.175. The fourth-order valence-corrected chi connectivity index (χ4v) is 3.90. The Labute approximate surface area is 206 Å². The van der Waals surface area contributed by atoms with Crippen LogP contribution in [0.3, 0.4) is 0 Å². The molecule has 3 N–H and O–H groups in total. The number of amides is 1. The number of Topliss-reactive ketones (excluding diaryl/α,β-unsaturated/α-hetero) is 1. The van der Waals surface area contributed by atoms with E-state index >= 15 is 0 Å². The van der Waals surface area contributed by atoms with Crippen molar-refractivity contribution in [2.75, 3.05) is 0 Å². The van der Waals surface area contributed by atoms with Gasteiger partial charge in [-0.25, -0.2) is 4.79 Å². The minimum atomic E-state index is -2.33. The Hall–Kier alpha value is -2.63. The normalized spacial score (nSPS) is 18.9. The highest BCUT2D eigenvalue weighted by Crippen LogP contribution is 2.30. The smallest absolute Gasteiger partial charge is 0.508 e. The van der Waals surface area contributed by atoms with Crippen molar-refractivity contribution in [3.8, 4) is 0 Å². The average molecular weight is 516 g/mol. The molecule has 1 aromatic rings. The van der Waals surface area contributed by atoms with Crippen LogP contribution in [0.2, 0.25) is 10.0 Å². The molecule has 2 rings (SSSR count). The van der Waals surface area contributed by atoms with Crippen LogP contribution in [-0.2, 0) is 28.5 Å². The minimum absolute atomic E-state index is 0.0415. The number of halogens is 2. The van der Waals surface area contributed by atoms with Gasteiger partial charge in [0, 0.05) is 23.4 Å². The molecule has 2 atom stereocenters. The maximum absolute atomic E-state index is 12.6. The first-order valence-electron chi connectivity index (χ1n) is 10.4. The SMILES string of the molecule is CC(C)C[C@H](NC(=O)CCC(=O)c1cc(Cl)ccc1Cl)B1OC(=O)CC(CC(=O)O)(C(=O)O)O1. The Morgan fingerprint density at radius 3 is 2.44 bits per heavy atom. The molecule has 34 heavy (non-hydrogen) atoms. The first kappa shape index (κ1) is 27.6. The highest BCUT2D eigenvalue weighted by molar-refractivity contribution is 6.50. The van der Waals surface area contributed by atoms with Crippen LogP contribution in [0.1, 0.15) is 56.3 Å². The maximum Gasteiger partial charge on any atom is 0.552 e. The number of carboxylic acid groups (broad SMARTS) is 2. The number of hydrogen-bond donors (Lipinski definition) is 3. The lowest BCUT2D eigenvalue weighted by atomic mass is 9.70. The maximum atomic E-state index is 12.6. The van der Waals surface area contributed by atoms with Crippen molar-refractivity contribution >= 4 is 59.9 Å². The third-order valence-corrected chi connectivity index (χ3v) is 5.62. The number of rotatable bonds is 11. The summed E-state index contributed by atoms with van der Waals surface area (Å²) in [6.07, 6.45) is -1.96. The van der Waals surface area contributed by atoms with E-state index in [9.17, 15) is 29.1 Å². The summed E-state index contributed by atoms with van der Waals surface area (Å²) in [6, 6.07) is 4.39. The molecule has 0 radical (unpaired) electrons. The molecule has 13 heteroatoms. The van der Waals surface area contributed by atoms with Gasteiger partial charge in [0.05, 0.1) is 23.8 Å². The molecular formula is C21H24BCl2NO9. The molecular weight excluding hydrogens is 492 g/mol. The van der Waals surface area contributed by atoms with Crippen molar-refractivity contribution < 1.29 is 43.5 Å². The predicted octanol–water partition coefficient (Wildman–Crippen LogP) is 2.78. The second-order valence-corrected chi connectivity index (χ2v) is 9.22. The van der Waals surface area contributed by atoms with E-state index in [1.54, 1.807) is 0 Å². The zero-order chi connectivity index (χ0) is 25.6. The molecule has 1 aliphatic rings. The summed E-state index contributed by atoms with van der Waals surface area (Å²) < 4.78 is 10.6. The molecule has 10 nitrogen and oxygen atoms in total. The topological polar surface area (TPSA) is 156 Å². The van der Waals surface area contributed by atoms with Crippen LogP contribution in [0.5, 0.6) is 0 Å². The van der Waals surface area contributed by atoms with E-state index in [0.29, 0.717) is 5.02 Å². The van der Waals surface area contributed by atoms with Crippen LogP contribution in [0, 0.1) is 5.92 Å². The van der Waals surface area contributed by atoms with Crippen LogP contribution < -0.4 is 5.32 Å². The van der Waals surface area contributed by atoms with Crippen molar-refractivity contribution in [2.24, 2.45) is 5.92 Å². The van der Waals surface area contributed by atoms with E-state index in [1.165, 1.54) is 18.2 Å². The molecule has 1 unspecified atom stereocenters. The fraction of sp³-hybridized carbons (Fsp3) is 0.476. The van der Waals surface area contributed by atoms with Crippen molar-refractivity contribution in [3.05, 3.63) is 33.8 Å². The summed E-state index contributed by atoms with van der Waals surface area (Å²) >= 11 is 11.9. The predicted molar refractivity (Wildman–Crippen MR) is 122 cm³/mol. The molecule has 0 spiro atoms. The third-order valence-electron chi connectivity index (χ3n) is 5.05. The summed E-state index contributed by atoms with van der Waals surface area (Å²) in [6.45, 7) is 3.63. The zero-order valence-electron chi connectivity index (χ0n) is 18.5. The Morgan fingerprint density at radius 2 is 1.85 bits per heavy atom. The van der Waals surface area contributed by atoms with Crippen LogP contribution in [-0.4, -0.2) is 58.5 Å². The van der Waals surface area contributed by atoms with Gasteiger partial charge >= 0.3 is 19.1 Å². The van der Waals surface area contributed by atoms with E-state index in [0.717, 1.165) is 0 Å². The Balaban J connectivity index is 2.13. The quantitative estimate of drug-likeness (QED) is 0.297. The lowest BCUT2D eigenvalue weighted by Gasteiger charge is -2.37. The molecule has 184 valence electrons. The highest BCUT2D eigenvalue weighted by Gasteiger charge is 2.54. The number of carbonyl (C=O) groups is 5. The van der Waals surface area contributed by atoms with Gasteiger partial charge in [-0.1, -0.05) is 37.0 Å². The van der Waals surface area contributed by atoms with Gasteiger partial charge in [0.15, 0.2) is 11.4 Å². The molecule has 0 bridgehead atoms. The Morgan fingerprint density at radius 1 is 1.18 bits per heavy atom. The van der Waals surface area contributed by atoms with Gasteiger partial charge in [-0.05, 0) is 30.5 Å². The van der Waals surface area contributed by atoms with Crippen LogP contribution in [0.25, 0.3) is 0 Å². The number of nitrogens with one attached hydrogen (secondary N) is 1. The number of aliphatic carboxylic acids is 2. The number of carboxylic acids is 2. The van der Waals surface area contributed by atoms with Crippen LogP contribution in [0.15, 0.2) is 18.2 Å². The summed E-state index contributed by atoms with van der Waals surface area (Å²) in [5, 5.41) is 21.8. The third kappa shape index (κ3) is 7.44. The Bertz CT molecular complexity index is 983. The van der Waals surface area contributed by atoms with E-state index in [2.05, 4.69) is 5.32 Å². The molecule has 1 aliphatic heterocycles. The molecule has 1 heterocycles. The number of benzene rings is 1. The second-order valence-electron chi connectivity index (χ2n) is 8.37. The van der Waals surface area contributed by atoms with E-state index in [4.69, 9.17) is 37.6 Å². The number of ketones is 1. The van der Waals surface area contributed by atoms with Crippen molar-refractivity contribution in [3.63, 3.8) is 0 Å². The average Bonchev–Trinajstić information content (AvgIpc) is 2.71. The summed E-state index contributed by atoms with van der Waals surface area (Å²) in [5.74, 6) is -6.08. The molecule has 0 aliphatic carbocycles.